The third-order valence-corrected chi connectivity index (χ3v) is 3.23. The molecule has 2 unspecified atom stereocenters. The van der Waals surface area contributed by atoms with Crippen molar-refractivity contribution < 1.29 is 14.3 Å². The molecule has 0 aromatic rings. The van der Waals surface area contributed by atoms with Crippen molar-refractivity contribution in [3.63, 3.8) is 0 Å². The Morgan fingerprint density at radius 1 is 1.42 bits per heavy atom. The lowest BCUT2D eigenvalue weighted by molar-refractivity contribution is -0.119. The van der Waals surface area contributed by atoms with Crippen molar-refractivity contribution >= 4 is 12.0 Å². The van der Waals surface area contributed by atoms with Gasteiger partial charge in [0.05, 0.1) is 0 Å². The predicted molar refractivity (Wildman–Crippen MR) is 72.4 cm³/mol. The molecule has 0 aromatic heterocycles. The van der Waals surface area contributed by atoms with Gasteiger partial charge in [-0.2, -0.15) is 0 Å². The van der Waals surface area contributed by atoms with E-state index >= 15 is 0 Å². The van der Waals surface area contributed by atoms with Gasteiger partial charge in [-0.05, 0) is 40.5 Å². The summed E-state index contributed by atoms with van der Waals surface area (Å²) in [6.07, 6.45) is 1.11. The van der Waals surface area contributed by atoms with E-state index in [-0.39, 0.29) is 18.6 Å². The SMILES string of the molecule is CC1CCC(N)(CC(N)=O)CN1C(=O)OC(C)(C)C. The van der Waals surface area contributed by atoms with Gasteiger partial charge in [0.2, 0.25) is 5.91 Å². The summed E-state index contributed by atoms with van der Waals surface area (Å²) in [6, 6.07) is 0.0550. The number of carbonyl (C=O) groups is 2. The second-order valence-electron chi connectivity index (χ2n) is 6.50. The summed E-state index contributed by atoms with van der Waals surface area (Å²) in [5.41, 5.74) is 10.1. The highest BCUT2D eigenvalue weighted by Crippen LogP contribution is 2.27. The van der Waals surface area contributed by atoms with Crippen molar-refractivity contribution in [3.8, 4) is 0 Å². The number of likely N-dealkylation sites (tertiary alicyclic amines) is 1. The van der Waals surface area contributed by atoms with Gasteiger partial charge in [-0.25, -0.2) is 4.79 Å². The predicted octanol–water partition coefficient (Wildman–Crippen LogP) is 0.979. The molecule has 6 nitrogen and oxygen atoms in total. The number of nitrogens with zero attached hydrogens (tertiary/aromatic N) is 1. The molecule has 0 aromatic carbocycles. The fourth-order valence-electron chi connectivity index (χ4n) is 2.28. The fraction of sp³-hybridized carbons (Fsp3) is 0.846. The Kier molecular flexibility index (Phi) is 4.45. The first-order valence-electron chi connectivity index (χ1n) is 6.59. The van der Waals surface area contributed by atoms with E-state index < -0.39 is 17.0 Å². The number of hydrogen-bond donors (Lipinski definition) is 2. The zero-order valence-electron chi connectivity index (χ0n) is 12.2. The molecule has 1 aliphatic heterocycles. The molecule has 19 heavy (non-hydrogen) atoms. The molecule has 1 rings (SSSR count). The summed E-state index contributed by atoms with van der Waals surface area (Å²) in [7, 11) is 0. The van der Waals surface area contributed by atoms with Crippen molar-refractivity contribution in [2.75, 3.05) is 6.54 Å². The maximum absolute atomic E-state index is 12.1. The second kappa shape index (κ2) is 5.36. The molecule has 110 valence electrons. The Labute approximate surface area is 114 Å². The number of nitrogens with two attached hydrogens (primary N) is 2. The molecule has 6 heteroatoms. The van der Waals surface area contributed by atoms with Gasteiger partial charge in [0.15, 0.2) is 0 Å². The normalized spacial score (nSPS) is 28.1. The van der Waals surface area contributed by atoms with E-state index in [4.69, 9.17) is 16.2 Å². The number of carbonyl (C=O) groups excluding carboxylic acids is 2. The van der Waals surface area contributed by atoms with E-state index in [0.29, 0.717) is 13.0 Å². The van der Waals surface area contributed by atoms with Gasteiger partial charge in [0, 0.05) is 24.5 Å². The van der Waals surface area contributed by atoms with Gasteiger partial charge in [-0.1, -0.05) is 0 Å². The maximum atomic E-state index is 12.1. The van der Waals surface area contributed by atoms with Crippen LogP contribution in [0.2, 0.25) is 0 Å². The van der Waals surface area contributed by atoms with Crippen LogP contribution in [-0.2, 0) is 9.53 Å². The van der Waals surface area contributed by atoms with Crippen molar-refractivity contribution in [1.29, 1.82) is 0 Å². The Morgan fingerprint density at radius 2 is 2.00 bits per heavy atom. The number of amides is 2. The lowest BCUT2D eigenvalue weighted by atomic mass is 9.84. The molecule has 2 atom stereocenters. The summed E-state index contributed by atoms with van der Waals surface area (Å²) < 4.78 is 5.36. The highest BCUT2D eigenvalue weighted by molar-refractivity contribution is 5.75. The first-order chi connectivity index (χ1) is 8.52. The van der Waals surface area contributed by atoms with E-state index in [9.17, 15) is 9.59 Å². The highest BCUT2D eigenvalue weighted by atomic mass is 16.6. The monoisotopic (exact) mass is 271 g/mol. The van der Waals surface area contributed by atoms with Crippen LogP contribution in [0, 0.1) is 0 Å². The van der Waals surface area contributed by atoms with E-state index in [1.165, 1.54) is 0 Å². The fourth-order valence-corrected chi connectivity index (χ4v) is 2.28. The Bertz CT molecular complexity index is 365. The van der Waals surface area contributed by atoms with Gasteiger partial charge in [0.1, 0.15) is 5.60 Å². The molecular formula is C13H25N3O3. The molecule has 1 saturated heterocycles. The van der Waals surface area contributed by atoms with Crippen LogP contribution in [0.15, 0.2) is 0 Å². The van der Waals surface area contributed by atoms with Gasteiger partial charge in [-0.15, -0.1) is 0 Å². The summed E-state index contributed by atoms with van der Waals surface area (Å²) in [4.78, 5) is 24.8. The van der Waals surface area contributed by atoms with Crippen LogP contribution in [0.3, 0.4) is 0 Å². The number of ether oxygens (including phenoxy) is 1. The minimum atomic E-state index is -0.741. The summed E-state index contributed by atoms with van der Waals surface area (Å²) >= 11 is 0. The van der Waals surface area contributed by atoms with Gasteiger partial charge >= 0.3 is 6.09 Å². The first kappa shape index (κ1) is 15.8. The summed E-state index contributed by atoms with van der Waals surface area (Å²) in [5.74, 6) is -0.443. The van der Waals surface area contributed by atoms with Gasteiger partial charge < -0.3 is 21.1 Å². The van der Waals surface area contributed by atoms with Gasteiger partial charge in [0.25, 0.3) is 0 Å². The van der Waals surface area contributed by atoms with Gasteiger partial charge in [-0.3, -0.25) is 4.79 Å². The lowest BCUT2D eigenvalue weighted by Crippen LogP contribution is -2.60. The number of hydrogen-bond acceptors (Lipinski definition) is 4. The van der Waals surface area contributed by atoms with E-state index in [1.54, 1.807) is 4.90 Å². The summed E-state index contributed by atoms with van der Waals surface area (Å²) in [5, 5.41) is 0. The Morgan fingerprint density at radius 3 is 2.47 bits per heavy atom. The van der Waals surface area contributed by atoms with Crippen LogP contribution >= 0.6 is 0 Å². The van der Waals surface area contributed by atoms with Crippen LogP contribution in [0.5, 0.6) is 0 Å². The quantitative estimate of drug-likeness (QED) is 0.782. The highest BCUT2D eigenvalue weighted by Gasteiger charge is 2.39. The third-order valence-electron chi connectivity index (χ3n) is 3.23. The topological polar surface area (TPSA) is 98.6 Å². The molecule has 0 bridgehead atoms. The Balaban J connectivity index is 2.76. The minimum absolute atomic E-state index is 0.0550. The lowest BCUT2D eigenvalue weighted by Gasteiger charge is -2.43. The van der Waals surface area contributed by atoms with E-state index in [0.717, 1.165) is 6.42 Å². The second-order valence-corrected chi connectivity index (χ2v) is 6.50. The molecule has 2 amide bonds. The van der Waals surface area contributed by atoms with Crippen molar-refractivity contribution in [3.05, 3.63) is 0 Å². The molecular weight excluding hydrogens is 246 g/mol. The molecule has 0 radical (unpaired) electrons. The largest absolute Gasteiger partial charge is 0.444 e. The molecule has 1 heterocycles. The Hall–Kier alpha value is -1.30. The summed E-state index contributed by atoms with van der Waals surface area (Å²) in [6.45, 7) is 7.70. The number of rotatable bonds is 2. The molecule has 0 saturated carbocycles. The average molecular weight is 271 g/mol. The molecule has 0 aliphatic carbocycles. The minimum Gasteiger partial charge on any atom is -0.444 e. The molecule has 4 N–H and O–H groups in total. The zero-order valence-corrected chi connectivity index (χ0v) is 12.2. The smallest absolute Gasteiger partial charge is 0.410 e. The molecule has 1 fully saturated rings. The third kappa shape index (κ3) is 4.70. The molecule has 1 aliphatic rings. The van der Waals surface area contributed by atoms with Crippen LogP contribution in [-0.4, -0.2) is 40.6 Å². The van der Waals surface area contributed by atoms with Crippen LogP contribution < -0.4 is 11.5 Å². The maximum Gasteiger partial charge on any atom is 0.410 e. The van der Waals surface area contributed by atoms with Crippen molar-refractivity contribution in [2.24, 2.45) is 11.5 Å². The number of piperidine rings is 1. The standard InChI is InChI=1S/C13H25N3O3/c1-9-5-6-13(15,7-10(14)17)8-16(9)11(18)19-12(2,3)4/h9H,5-8,15H2,1-4H3,(H2,14,17). The van der Waals surface area contributed by atoms with Crippen molar-refractivity contribution in [1.82, 2.24) is 4.90 Å². The molecule has 0 spiro atoms. The number of primary amides is 1. The van der Waals surface area contributed by atoms with E-state index in [1.807, 2.05) is 27.7 Å². The van der Waals surface area contributed by atoms with Crippen molar-refractivity contribution in [2.45, 2.75) is 64.1 Å². The van der Waals surface area contributed by atoms with E-state index in [2.05, 4.69) is 0 Å². The first-order valence-corrected chi connectivity index (χ1v) is 6.59. The van der Waals surface area contributed by atoms with Crippen LogP contribution in [0.1, 0.15) is 47.0 Å². The zero-order chi connectivity index (χ0) is 14.8. The van der Waals surface area contributed by atoms with Crippen LogP contribution in [0.4, 0.5) is 4.79 Å². The average Bonchev–Trinajstić information content (AvgIpc) is 2.18. The van der Waals surface area contributed by atoms with Crippen LogP contribution in [0.25, 0.3) is 0 Å².